The molecule has 0 unspecified atom stereocenters. The first kappa shape index (κ1) is 32.8. The molecule has 8 nitrogen and oxygen atoms in total. The van der Waals surface area contributed by atoms with Gasteiger partial charge in [-0.15, -0.1) is 0 Å². The van der Waals surface area contributed by atoms with Gasteiger partial charge in [0.05, 0.1) is 0 Å². The fraction of sp³-hybridized carbons (Fsp3) is 0.429. The summed E-state index contributed by atoms with van der Waals surface area (Å²) in [5.74, 6) is -6.03. The molecule has 0 aromatic rings. The molecule has 0 saturated heterocycles. The smallest absolute Gasteiger partial charge is 1.00 e. The average molecular weight is 315 g/mol. The van der Waals surface area contributed by atoms with Gasteiger partial charge in [0.2, 0.25) is 0 Å². The molecule has 0 aliphatic rings. The fourth-order valence-corrected chi connectivity index (χ4v) is 0.595. The number of hydrogen-bond acceptors (Lipinski definition) is 6. The summed E-state index contributed by atoms with van der Waals surface area (Å²) in [6.45, 7) is 0. The third kappa shape index (κ3) is 18.0. The minimum Gasteiger partial charge on any atom is -1.00 e. The number of carbonyl (C=O) groups excluding carboxylic acids is 2. The molecule has 0 saturated carbocycles. The standard InChI is InChI=1S/C7H9NO7.4Na.4H/c8-3(5(10)11)1-2-4(9)15-7(14)6(12)13;;;;;;;;/h3H,1-2,8H2,(H,10,11)(H,12,13);;;;;;;;/q;4*+1;4*-1/t3-;;;;;;;;/m0......../s1. The van der Waals surface area contributed by atoms with Crippen molar-refractivity contribution in [2.75, 3.05) is 0 Å². The topological polar surface area (TPSA) is 144 Å². The van der Waals surface area contributed by atoms with Crippen molar-refractivity contribution in [2.24, 2.45) is 5.73 Å². The van der Waals surface area contributed by atoms with Crippen molar-refractivity contribution in [3.8, 4) is 0 Å². The van der Waals surface area contributed by atoms with Crippen molar-refractivity contribution in [2.45, 2.75) is 18.9 Å². The van der Waals surface area contributed by atoms with Crippen molar-refractivity contribution in [3.63, 3.8) is 0 Å². The number of carboxylic acid groups (broad SMARTS) is 2. The Morgan fingerprint density at radius 1 is 1.05 bits per heavy atom. The van der Waals surface area contributed by atoms with Crippen molar-refractivity contribution in [1.82, 2.24) is 0 Å². The van der Waals surface area contributed by atoms with Crippen LogP contribution in [0.25, 0.3) is 0 Å². The number of hydrogen-bond donors (Lipinski definition) is 3. The number of carbonyl (C=O) groups is 4. The van der Waals surface area contributed by atoms with E-state index in [2.05, 4.69) is 4.74 Å². The number of ether oxygens (including phenoxy) is 1. The van der Waals surface area contributed by atoms with Crippen LogP contribution in [0.15, 0.2) is 0 Å². The van der Waals surface area contributed by atoms with Gasteiger partial charge in [-0.05, 0) is 6.42 Å². The first-order chi connectivity index (χ1) is 6.84. The summed E-state index contributed by atoms with van der Waals surface area (Å²) in [7, 11) is 0. The van der Waals surface area contributed by atoms with Gasteiger partial charge in [0.15, 0.2) is 0 Å². The normalized spacial score (nSPS) is 9.11. The first-order valence-corrected chi connectivity index (χ1v) is 3.81. The Kier molecular flexibility index (Phi) is 31.3. The van der Waals surface area contributed by atoms with Gasteiger partial charge >= 0.3 is 142 Å². The largest absolute Gasteiger partial charge is 1.00 e. The van der Waals surface area contributed by atoms with E-state index in [4.69, 9.17) is 15.9 Å². The maximum absolute atomic E-state index is 10.7. The van der Waals surface area contributed by atoms with Crippen LogP contribution in [-0.2, 0) is 23.9 Å². The maximum Gasteiger partial charge on any atom is 1.00 e. The molecular formula is C7H13NNa4O7. The predicted molar refractivity (Wildman–Crippen MR) is 48.0 cm³/mol. The summed E-state index contributed by atoms with van der Waals surface area (Å²) in [5, 5.41) is 16.4. The van der Waals surface area contributed by atoms with Gasteiger partial charge in [0, 0.05) is 6.42 Å². The second-order valence-corrected chi connectivity index (χ2v) is 2.55. The number of rotatable bonds is 4. The van der Waals surface area contributed by atoms with E-state index in [1.54, 1.807) is 0 Å². The molecule has 1 atom stereocenters. The van der Waals surface area contributed by atoms with Crippen LogP contribution in [0.1, 0.15) is 18.5 Å². The fourth-order valence-electron chi connectivity index (χ4n) is 0.595. The molecule has 0 aromatic carbocycles. The SMILES string of the molecule is N[C@@H](CCC(=O)OC(=O)C(=O)O)C(=O)O.[H-].[H-].[H-].[H-].[Na+].[Na+].[Na+].[Na+]. The van der Waals surface area contributed by atoms with Gasteiger partial charge < -0.3 is 26.4 Å². The summed E-state index contributed by atoms with van der Waals surface area (Å²) in [6, 6.07) is -1.25. The van der Waals surface area contributed by atoms with E-state index in [9.17, 15) is 19.2 Å². The van der Waals surface area contributed by atoms with Crippen LogP contribution in [0.3, 0.4) is 0 Å². The molecule has 0 rings (SSSR count). The molecule has 0 aliphatic carbocycles. The molecule has 92 valence electrons. The molecule has 0 aromatic heterocycles. The zero-order valence-corrected chi connectivity index (χ0v) is 19.5. The monoisotopic (exact) mass is 315 g/mol. The Bertz CT molecular complexity index is 327. The zero-order valence-electron chi connectivity index (χ0n) is 15.5. The van der Waals surface area contributed by atoms with Crippen LogP contribution in [0.4, 0.5) is 0 Å². The number of aliphatic carboxylic acids is 2. The average Bonchev–Trinajstić information content (AvgIpc) is 2.13. The summed E-state index contributed by atoms with van der Waals surface area (Å²) >= 11 is 0. The molecule has 0 bridgehead atoms. The Hall–Kier alpha value is 2.04. The van der Waals surface area contributed by atoms with Gasteiger partial charge in [0.1, 0.15) is 6.04 Å². The minimum atomic E-state index is -1.90. The Morgan fingerprint density at radius 2 is 1.47 bits per heavy atom. The Labute approximate surface area is 203 Å². The van der Waals surface area contributed by atoms with Crippen LogP contribution in [0.2, 0.25) is 0 Å². The molecule has 0 radical (unpaired) electrons. The second-order valence-electron chi connectivity index (χ2n) is 2.55. The van der Waals surface area contributed by atoms with Crippen LogP contribution in [0.5, 0.6) is 0 Å². The van der Waals surface area contributed by atoms with E-state index in [-0.39, 0.29) is 130 Å². The summed E-state index contributed by atoms with van der Waals surface area (Å²) < 4.78 is 3.82. The number of esters is 2. The summed E-state index contributed by atoms with van der Waals surface area (Å²) in [6.07, 6.45) is -0.673. The van der Waals surface area contributed by atoms with Gasteiger partial charge in [-0.3, -0.25) is 9.59 Å². The van der Waals surface area contributed by atoms with E-state index in [0.29, 0.717) is 0 Å². The predicted octanol–water partition coefficient (Wildman–Crippen LogP) is -13.2. The third-order valence-electron chi connectivity index (χ3n) is 1.36. The molecule has 0 heterocycles. The Morgan fingerprint density at radius 3 is 1.79 bits per heavy atom. The van der Waals surface area contributed by atoms with Gasteiger partial charge in [-0.1, -0.05) is 0 Å². The molecule has 19 heavy (non-hydrogen) atoms. The van der Waals surface area contributed by atoms with Crippen molar-refractivity contribution >= 4 is 23.9 Å². The van der Waals surface area contributed by atoms with Crippen LogP contribution >= 0.6 is 0 Å². The quantitative estimate of drug-likeness (QED) is 0.201. The minimum absolute atomic E-state index is 0. The summed E-state index contributed by atoms with van der Waals surface area (Å²) in [4.78, 5) is 41.2. The maximum atomic E-state index is 10.7. The van der Waals surface area contributed by atoms with Gasteiger partial charge in [0.25, 0.3) is 0 Å². The molecule has 0 spiro atoms. The summed E-state index contributed by atoms with van der Waals surface area (Å²) in [5.41, 5.74) is 5.05. The molecule has 4 N–H and O–H groups in total. The van der Waals surface area contributed by atoms with E-state index >= 15 is 0 Å². The molecule has 12 heteroatoms. The van der Waals surface area contributed by atoms with Crippen LogP contribution < -0.4 is 124 Å². The second kappa shape index (κ2) is 18.1. The zero-order chi connectivity index (χ0) is 12.0. The Balaban J connectivity index is -0.0000000350. The van der Waals surface area contributed by atoms with E-state index in [1.807, 2.05) is 0 Å². The molecule has 0 fully saturated rings. The van der Waals surface area contributed by atoms with E-state index in [1.165, 1.54) is 0 Å². The third-order valence-corrected chi connectivity index (χ3v) is 1.36. The van der Waals surface area contributed by atoms with Crippen molar-refractivity contribution < 1.29 is 158 Å². The van der Waals surface area contributed by atoms with Crippen molar-refractivity contribution in [1.29, 1.82) is 0 Å². The first-order valence-electron chi connectivity index (χ1n) is 3.81. The molecule has 0 amide bonds. The van der Waals surface area contributed by atoms with Gasteiger partial charge in [-0.2, -0.15) is 0 Å². The van der Waals surface area contributed by atoms with Crippen molar-refractivity contribution in [3.05, 3.63) is 0 Å². The molecular weight excluding hydrogens is 302 g/mol. The van der Waals surface area contributed by atoms with Crippen LogP contribution in [0, 0.1) is 0 Å². The van der Waals surface area contributed by atoms with Gasteiger partial charge in [-0.25, -0.2) is 9.59 Å². The van der Waals surface area contributed by atoms with E-state index < -0.39 is 36.3 Å². The van der Waals surface area contributed by atoms with E-state index in [0.717, 1.165) is 0 Å². The van der Waals surface area contributed by atoms with Crippen LogP contribution in [-0.4, -0.2) is 40.1 Å². The molecule has 0 aliphatic heterocycles. The number of carboxylic acids is 2. The number of nitrogens with two attached hydrogens (primary N) is 1.